The molecule has 26 heavy (non-hydrogen) atoms. The number of halogens is 1. The number of rotatable bonds is 4. The molecule has 1 aromatic heterocycles. The largest absolute Gasteiger partial charge is 0.350 e. The van der Waals surface area contributed by atoms with Crippen LogP contribution in [0.15, 0.2) is 48.5 Å². The van der Waals surface area contributed by atoms with Crippen LogP contribution in [-0.4, -0.2) is 22.0 Å². The van der Waals surface area contributed by atoms with Crippen LogP contribution in [0, 0.1) is 5.82 Å². The number of para-hydroxylation sites is 1. The molecule has 3 aromatic rings. The third kappa shape index (κ3) is 4.64. The molecular weight excluding hydrogens is 373 g/mol. The van der Waals surface area contributed by atoms with E-state index in [4.69, 9.17) is 12.2 Å². The Labute approximate surface area is 158 Å². The van der Waals surface area contributed by atoms with Crippen molar-refractivity contribution in [1.82, 2.24) is 15.8 Å². The molecule has 1 heterocycles. The number of hydrogen-bond donors (Lipinski definition) is 4. The first-order valence-corrected chi connectivity index (χ1v) is 8.98. The van der Waals surface area contributed by atoms with E-state index >= 15 is 0 Å². The number of fused-ring (bicyclic) bond motifs is 1. The maximum atomic E-state index is 12.9. The Bertz CT molecular complexity index is 895. The number of hydrazine groups is 1. The highest BCUT2D eigenvalue weighted by atomic mass is 32.1. The third-order valence-electron chi connectivity index (χ3n) is 3.43. The van der Waals surface area contributed by atoms with Crippen molar-refractivity contribution in [2.45, 2.75) is 13.0 Å². The van der Waals surface area contributed by atoms with Gasteiger partial charge in [-0.3, -0.25) is 15.6 Å². The summed E-state index contributed by atoms with van der Waals surface area (Å²) < 4.78 is 13.9. The lowest BCUT2D eigenvalue weighted by Crippen LogP contribution is -2.49. The van der Waals surface area contributed by atoms with Gasteiger partial charge in [0.2, 0.25) is 0 Å². The van der Waals surface area contributed by atoms with Gasteiger partial charge in [0.15, 0.2) is 10.2 Å². The van der Waals surface area contributed by atoms with Crippen LogP contribution >= 0.6 is 23.6 Å². The highest BCUT2D eigenvalue weighted by molar-refractivity contribution is 7.80. The van der Waals surface area contributed by atoms with Crippen molar-refractivity contribution in [3.63, 3.8) is 0 Å². The monoisotopic (exact) mass is 389 g/mol. The number of aromatic nitrogens is 1. The van der Waals surface area contributed by atoms with E-state index in [1.807, 2.05) is 24.3 Å². The smallest absolute Gasteiger partial charge is 0.260 e. The molecule has 0 aliphatic rings. The lowest BCUT2D eigenvalue weighted by atomic mass is 10.3. The van der Waals surface area contributed by atoms with E-state index < -0.39 is 6.04 Å². The molecule has 0 fully saturated rings. The lowest BCUT2D eigenvalue weighted by molar-refractivity contribution is -0.122. The van der Waals surface area contributed by atoms with Crippen LogP contribution in [0.25, 0.3) is 10.2 Å². The van der Waals surface area contributed by atoms with E-state index in [-0.39, 0.29) is 16.8 Å². The summed E-state index contributed by atoms with van der Waals surface area (Å²) in [6.45, 7) is 1.72. The van der Waals surface area contributed by atoms with Gasteiger partial charge in [0.1, 0.15) is 11.9 Å². The van der Waals surface area contributed by atoms with Gasteiger partial charge in [0.05, 0.1) is 10.2 Å². The summed E-state index contributed by atoms with van der Waals surface area (Å²) in [5.41, 5.74) is 6.62. The number of carbonyl (C=O) groups is 1. The van der Waals surface area contributed by atoms with Crippen LogP contribution in [0.2, 0.25) is 0 Å². The van der Waals surface area contributed by atoms with Crippen LogP contribution < -0.4 is 21.5 Å². The fourth-order valence-electron chi connectivity index (χ4n) is 2.11. The number of thiazole rings is 1. The predicted molar refractivity (Wildman–Crippen MR) is 107 cm³/mol. The minimum atomic E-state index is -0.517. The average molecular weight is 389 g/mol. The molecule has 9 heteroatoms. The molecule has 0 spiro atoms. The molecule has 2 aromatic carbocycles. The van der Waals surface area contributed by atoms with Gasteiger partial charge in [-0.1, -0.05) is 23.5 Å². The zero-order valence-electron chi connectivity index (χ0n) is 13.7. The van der Waals surface area contributed by atoms with Crippen LogP contribution in [0.1, 0.15) is 6.92 Å². The van der Waals surface area contributed by atoms with Crippen LogP contribution in [0.4, 0.5) is 15.2 Å². The molecule has 1 amide bonds. The summed E-state index contributed by atoms with van der Waals surface area (Å²) in [5, 5.41) is 6.76. The summed E-state index contributed by atoms with van der Waals surface area (Å²) in [7, 11) is 0. The van der Waals surface area contributed by atoms with Crippen LogP contribution in [-0.2, 0) is 4.79 Å². The van der Waals surface area contributed by atoms with Gasteiger partial charge in [-0.25, -0.2) is 9.37 Å². The Hall–Kier alpha value is -2.78. The van der Waals surface area contributed by atoms with Crippen molar-refractivity contribution in [3.05, 3.63) is 54.3 Å². The fourth-order valence-corrected chi connectivity index (χ4v) is 3.23. The first-order valence-electron chi connectivity index (χ1n) is 7.76. The van der Waals surface area contributed by atoms with Crippen molar-refractivity contribution in [2.75, 3.05) is 10.6 Å². The number of anilines is 2. The zero-order chi connectivity index (χ0) is 18.5. The zero-order valence-corrected chi connectivity index (χ0v) is 15.4. The van der Waals surface area contributed by atoms with Gasteiger partial charge in [0.25, 0.3) is 5.91 Å². The number of nitrogens with one attached hydrogen (secondary N) is 4. The highest BCUT2D eigenvalue weighted by Gasteiger charge is 2.14. The minimum absolute atomic E-state index is 0.192. The van der Waals surface area contributed by atoms with Gasteiger partial charge < -0.3 is 10.6 Å². The van der Waals surface area contributed by atoms with Crippen molar-refractivity contribution < 1.29 is 9.18 Å². The lowest BCUT2D eigenvalue weighted by Gasteiger charge is -2.15. The number of thiocarbonyl (C=S) groups is 1. The fraction of sp³-hybridized carbons (Fsp3) is 0.118. The van der Waals surface area contributed by atoms with Gasteiger partial charge in [0, 0.05) is 5.69 Å². The van der Waals surface area contributed by atoms with Crippen molar-refractivity contribution >= 4 is 55.6 Å². The summed E-state index contributed by atoms with van der Waals surface area (Å²) in [4.78, 5) is 16.6. The Morgan fingerprint density at radius 3 is 2.62 bits per heavy atom. The van der Waals surface area contributed by atoms with Crippen molar-refractivity contribution in [2.24, 2.45) is 0 Å². The Morgan fingerprint density at radius 2 is 1.88 bits per heavy atom. The minimum Gasteiger partial charge on any atom is -0.350 e. The average Bonchev–Trinajstić information content (AvgIpc) is 3.03. The normalized spacial score (nSPS) is 11.6. The predicted octanol–water partition coefficient (Wildman–Crippen LogP) is 3.25. The molecule has 0 saturated carbocycles. The molecule has 6 nitrogen and oxygen atoms in total. The van der Waals surface area contributed by atoms with E-state index in [1.54, 1.807) is 19.1 Å². The van der Waals surface area contributed by atoms with E-state index in [0.717, 1.165) is 10.2 Å². The van der Waals surface area contributed by atoms with Gasteiger partial charge in [-0.15, -0.1) is 0 Å². The molecule has 0 radical (unpaired) electrons. The number of nitrogens with zero attached hydrogens (tertiary/aromatic N) is 1. The van der Waals surface area contributed by atoms with Crippen LogP contribution in [0.3, 0.4) is 0 Å². The quantitative estimate of drug-likeness (QED) is 0.405. The molecule has 3 rings (SSSR count). The maximum Gasteiger partial charge on any atom is 0.260 e. The van der Waals surface area contributed by atoms with E-state index in [1.165, 1.54) is 23.5 Å². The maximum absolute atomic E-state index is 12.9. The summed E-state index contributed by atoms with van der Waals surface area (Å²) in [6.07, 6.45) is 0. The molecule has 4 N–H and O–H groups in total. The summed E-state index contributed by atoms with van der Waals surface area (Å²) in [6, 6.07) is 13.0. The van der Waals surface area contributed by atoms with Crippen LogP contribution in [0.5, 0.6) is 0 Å². The number of amides is 1. The van der Waals surface area contributed by atoms with Gasteiger partial charge in [-0.2, -0.15) is 0 Å². The molecule has 1 atom stereocenters. The second-order valence-corrected chi connectivity index (χ2v) is 6.87. The Kier molecular flexibility index (Phi) is 5.59. The molecule has 134 valence electrons. The van der Waals surface area contributed by atoms with Crippen molar-refractivity contribution in [1.29, 1.82) is 0 Å². The van der Waals surface area contributed by atoms with Gasteiger partial charge in [-0.05, 0) is 55.5 Å². The molecule has 0 saturated heterocycles. The van der Waals surface area contributed by atoms with E-state index in [0.29, 0.717) is 10.8 Å². The topological polar surface area (TPSA) is 78.1 Å². The Balaban J connectivity index is 1.49. The van der Waals surface area contributed by atoms with E-state index in [2.05, 4.69) is 26.5 Å². The van der Waals surface area contributed by atoms with Gasteiger partial charge >= 0.3 is 0 Å². The number of benzene rings is 2. The van der Waals surface area contributed by atoms with Crippen molar-refractivity contribution in [3.8, 4) is 0 Å². The molecule has 0 aliphatic heterocycles. The number of hydrogen-bond acceptors (Lipinski definition) is 5. The second-order valence-electron chi connectivity index (χ2n) is 5.43. The summed E-state index contributed by atoms with van der Waals surface area (Å²) >= 11 is 6.56. The Morgan fingerprint density at radius 1 is 1.15 bits per heavy atom. The second kappa shape index (κ2) is 8.07. The highest BCUT2D eigenvalue weighted by Crippen LogP contribution is 2.25. The number of carbonyl (C=O) groups excluding carboxylic acids is 1. The standard InChI is InChI=1S/C17H16FN5OS2/c1-10(19-17-21-13-4-2-3-5-14(13)26-17)15(24)22-23-16(25)20-12-8-6-11(18)7-9-12/h2-10H,1H3,(H,19,21)(H,22,24)(H2,20,23,25)/t10-/m0/s1. The first-order chi connectivity index (χ1) is 12.5. The SMILES string of the molecule is C[C@H](Nc1nc2ccccc2s1)C(=O)NNC(=S)Nc1ccc(F)cc1. The molecule has 0 bridgehead atoms. The molecule has 0 unspecified atom stereocenters. The van der Waals surface area contributed by atoms with E-state index in [9.17, 15) is 9.18 Å². The molecular formula is C17H16FN5OS2. The molecule has 0 aliphatic carbocycles. The first kappa shape index (κ1) is 18.0. The summed E-state index contributed by atoms with van der Waals surface area (Å²) in [5.74, 6) is -0.634. The third-order valence-corrected chi connectivity index (χ3v) is 4.60.